The van der Waals surface area contributed by atoms with E-state index in [9.17, 15) is 21.6 Å². The summed E-state index contributed by atoms with van der Waals surface area (Å²) >= 11 is 6.68. The van der Waals surface area contributed by atoms with Crippen LogP contribution in [0.5, 0.6) is 0 Å². The molecular weight excluding hydrogens is 513 g/mol. The number of benzene rings is 2. The molecule has 0 atom stereocenters. The molecule has 1 heterocycles. The van der Waals surface area contributed by atoms with Crippen molar-refractivity contribution in [2.45, 2.75) is 11.3 Å². The predicted octanol–water partition coefficient (Wildman–Crippen LogP) is 5.75. The predicted molar refractivity (Wildman–Crippen MR) is 103 cm³/mol. The largest absolute Gasteiger partial charge is 0.337 e. The van der Waals surface area contributed by atoms with Crippen LogP contribution in [-0.2, 0) is 9.84 Å². The van der Waals surface area contributed by atoms with Crippen molar-refractivity contribution < 1.29 is 21.6 Å². The van der Waals surface area contributed by atoms with Crippen LogP contribution < -0.4 is 0 Å². The highest BCUT2D eigenvalue weighted by atomic mass is 79.9. The smallest absolute Gasteiger partial charge is 0.295 e. The normalized spacial score (nSPS) is 12.0. The van der Waals surface area contributed by atoms with Gasteiger partial charge in [-0.15, -0.1) is 0 Å². The van der Waals surface area contributed by atoms with E-state index < -0.39 is 32.8 Å². The zero-order valence-corrected chi connectivity index (χ0v) is 17.6. The molecule has 2 aromatic carbocycles. The molecule has 3 aromatic rings. The molecule has 0 aliphatic carbocycles. The van der Waals surface area contributed by atoms with Crippen LogP contribution in [0.3, 0.4) is 0 Å². The Kier molecular flexibility index (Phi) is 5.51. The zero-order chi connectivity index (χ0) is 19.9. The maximum atomic E-state index is 14.3. The van der Waals surface area contributed by atoms with Crippen molar-refractivity contribution in [1.29, 1.82) is 0 Å². The first-order valence-corrected chi connectivity index (χ1v) is 10.9. The second-order valence-electron chi connectivity index (χ2n) is 5.69. The van der Waals surface area contributed by atoms with Gasteiger partial charge < -0.3 is 4.98 Å². The van der Waals surface area contributed by atoms with Crippen LogP contribution in [0.25, 0.3) is 22.5 Å². The number of nitrogens with one attached hydrogen (secondary N) is 1. The monoisotopic (exact) mass is 522 g/mol. The van der Waals surface area contributed by atoms with Crippen LogP contribution in [0, 0.1) is 5.82 Å². The summed E-state index contributed by atoms with van der Waals surface area (Å²) in [5.74, 6) is -1.54. The third-order valence-corrected chi connectivity index (χ3v) is 6.75. The lowest BCUT2D eigenvalue weighted by atomic mass is 10.1. The van der Waals surface area contributed by atoms with Crippen LogP contribution in [0.15, 0.2) is 50.2 Å². The van der Waals surface area contributed by atoms with Gasteiger partial charge in [0.1, 0.15) is 10.7 Å². The average Bonchev–Trinajstić information content (AvgIpc) is 3.01. The Morgan fingerprint density at radius 1 is 1.04 bits per heavy atom. The molecule has 1 N–H and O–H groups in total. The lowest BCUT2D eigenvalue weighted by Gasteiger charge is -2.07. The van der Waals surface area contributed by atoms with E-state index in [1.165, 1.54) is 6.07 Å². The molecule has 0 radical (unpaired) electrons. The zero-order valence-electron chi connectivity index (χ0n) is 13.6. The number of halogens is 5. The van der Waals surface area contributed by atoms with Gasteiger partial charge in [-0.1, -0.05) is 12.1 Å². The summed E-state index contributed by atoms with van der Waals surface area (Å²) in [6.07, 6.45) is -1.96. The summed E-state index contributed by atoms with van der Waals surface area (Å²) in [6.45, 7) is 0. The van der Waals surface area contributed by atoms with Gasteiger partial charge in [-0.2, -0.15) is 0 Å². The Morgan fingerprint density at radius 3 is 2.26 bits per heavy atom. The van der Waals surface area contributed by atoms with Gasteiger partial charge >= 0.3 is 0 Å². The Morgan fingerprint density at radius 2 is 1.70 bits per heavy atom. The van der Waals surface area contributed by atoms with Gasteiger partial charge in [0.05, 0.1) is 11.4 Å². The number of hydrogen-bond donors (Lipinski definition) is 1. The van der Waals surface area contributed by atoms with Crippen LogP contribution in [-0.4, -0.2) is 24.6 Å². The summed E-state index contributed by atoms with van der Waals surface area (Å²) in [5.41, 5.74) is 1.09. The topological polar surface area (TPSA) is 62.8 Å². The molecule has 27 heavy (non-hydrogen) atoms. The molecule has 0 amide bonds. The molecule has 0 aliphatic rings. The van der Waals surface area contributed by atoms with Crippen molar-refractivity contribution in [3.8, 4) is 22.5 Å². The number of imidazole rings is 1. The van der Waals surface area contributed by atoms with E-state index in [2.05, 4.69) is 41.8 Å². The van der Waals surface area contributed by atoms with E-state index in [1.807, 2.05) is 0 Å². The highest BCUT2D eigenvalue weighted by Crippen LogP contribution is 2.36. The number of sulfone groups is 1. The third-order valence-electron chi connectivity index (χ3n) is 3.74. The fraction of sp³-hybridized carbons (Fsp3) is 0.118. The number of alkyl halides is 2. The number of aromatic nitrogens is 2. The first-order chi connectivity index (χ1) is 12.6. The first kappa shape index (κ1) is 20.1. The van der Waals surface area contributed by atoms with Gasteiger partial charge in [-0.3, -0.25) is 0 Å². The summed E-state index contributed by atoms with van der Waals surface area (Å²) in [4.78, 5) is 5.99. The molecule has 0 fully saturated rings. The van der Waals surface area contributed by atoms with Gasteiger partial charge in [0.2, 0.25) is 0 Å². The number of rotatable bonds is 4. The molecular formula is C17H11Br2F3N2O2S. The van der Waals surface area contributed by atoms with Crippen molar-refractivity contribution in [1.82, 2.24) is 9.97 Å². The van der Waals surface area contributed by atoms with Gasteiger partial charge in [-0.25, -0.2) is 26.6 Å². The number of H-pyrrole nitrogens is 1. The van der Waals surface area contributed by atoms with Crippen molar-refractivity contribution in [2.24, 2.45) is 0 Å². The molecule has 0 saturated heterocycles. The molecule has 0 spiro atoms. The minimum absolute atomic E-state index is 0.0958. The Bertz CT molecular complexity index is 1130. The lowest BCUT2D eigenvalue weighted by molar-refractivity contribution is 0.141. The van der Waals surface area contributed by atoms with Gasteiger partial charge in [0.15, 0.2) is 15.7 Å². The Balaban J connectivity index is 2.20. The quantitative estimate of drug-likeness (QED) is 0.473. The van der Waals surface area contributed by atoms with Gasteiger partial charge in [0.25, 0.3) is 6.43 Å². The minimum atomic E-state index is -3.75. The summed E-state index contributed by atoms with van der Waals surface area (Å²) in [7, 11) is -3.75. The highest BCUT2D eigenvalue weighted by molar-refractivity contribution is 9.13. The molecule has 10 heteroatoms. The second-order valence-corrected chi connectivity index (χ2v) is 9.39. The van der Waals surface area contributed by atoms with E-state index in [0.717, 1.165) is 22.9 Å². The minimum Gasteiger partial charge on any atom is -0.337 e. The standard InChI is InChI=1S/C17H11Br2F3N2O2S/c1-27(25,26)13-5-3-9(7-12(13)20)15-14(23-17(24-15)16(21)22)8-2-4-10(18)11(19)6-8/h2-7,16H,1H3,(H,23,24). The summed E-state index contributed by atoms with van der Waals surface area (Å²) < 4.78 is 65.2. The van der Waals surface area contributed by atoms with Crippen molar-refractivity contribution in [3.05, 3.63) is 57.0 Å². The molecule has 4 nitrogen and oxygen atoms in total. The molecule has 3 rings (SSSR count). The lowest BCUT2D eigenvalue weighted by Crippen LogP contribution is -2.00. The molecule has 0 unspecified atom stereocenters. The van der Waals surface area contributed by atoms with Crippen molar-refractivity contribution in [3.63, 3.8) is 0 Å². The second kappa shape index (κ2) is 7.40. The Hall–Kier alpha value is -1.65. The fourth-order valence-electron chi connectivity index (χ4n) is 2.51. The van der Waals surface area contributed by atoms with E-state index in [1.54, 1.807) is 18.2 Å². The van der Waals surface area contributed by atoms with Crippen LogP contribution >= 0.6 is 31.9 Å². The average molecular weight is 524 g/mol. The summed E-state index contributed by atoms with van der Waals surface area (Å²) in [6, 6.07) is 8.50. The Labute approximate surface area is 170 Å². The van der Waals surface area contributed by atoms with E-state index in [-0.39, 0.29) is 17.0 Å². The number of nitrogens with zero attached hydrogens (tertiary/aromatic N) is 1. The van der Waals surface area contributed by atoms with Gasteiger partial charge in [0, 0.05) is 26.3 Å². The van der Waals surface area contributed by atoms with E-state index in [4.69, 9.17) is 0 Å². The molecule has 0 aliphatic heterocycles. The van der Waals surface area contributed by atoms with Crippen molar-refractivity contribution in [2.75, 3.05) is 6.26 Å². The maximum absolute atomic E-state index is 14.3. The SMILES string of the molecule is CS(=O)(=O)c1ccc(-c2nc(C(F)F)[nH]c2-c2ccc(Br)c(Br)c2)cc1F. The molecule has 0 saturated carbocycles. The van der Waals surface area contributed by atoms with Gasteiger partial charge in [-0.05, 0) is 56.1 Å². The van der Waals surface area contributed by atoms with Crippen LogP contribution in [0.4, 0.5) is 13.2 Å². The van der Waals surface area contributed by atoms with Crippen LogP contribution in [0.2, 0.25) is 0 Å². The fourth-order valence-corrected chi connectivity index (χ4v) is 3.87. The molecule has 0 bridgehead atoms. The van der Waals surface area contributed by atoms with Crippen molar-refractivity contribution >= 4 is 41.7 Å². The maximum Gasteiger partial charge on any atom is 0.295 e. The highest BCUT2D eigenvalue weighted by Gasteiger charge is 2.22. The third kappa shape index (κ3) is 4.12. The van der Waals surface area contributed by atoms with Crippen LogP contribution in [0.1, 0.15) is 12.2 Å². The first-order valence-electron chi connectivity index (χ1n) is 7.41. The molecule has 142 valence electrons. The van der Waals surface area contributed by atoms with E-state index in [0.29, 0.717) is 10.0 Å². The number of aromatic amines is 1. The van der Waals surface area contributed by atoms with E-state index >= 15 is 0 Å². The summed E-state index contributed by atoms with van der Waals surface area (Å²) in [5, 5.41) is 0. The number of hydrogen-bond acceptors (Lipinski definition) is 3. The molecule has 1 aromatic heterocycles.